The third-order valence-corrected chi connectivity index (χ3v) is 14.5. The minimum absolute atomic E-state index is 0.0741. The Hall–Kier alpha value is -4.72. The van der Waals surface area contributed by atoms with Gasteiger partial charge in [0, 0.05) is 23.0 Å². The van der Waals surface area contributed by atoms with E-state index in [4.69, 9.17) is 39.4 Å². The topological polar surface area (TPSA) is 221 Å². The van der Waals surface area contributed by atoms with Crippen molar-refractivity contribution in [3.8, 4) is 0 Å². The average molecular weight is 931 g/mol. The molecule has 3 saturated heterocycles. The largest absolute Gasteiger partial charge is 0.349 e. The first-order valence-electron chi connectivity index (χ1n) is 21.1. The molecule has 3 aliphatic heterocycles. The monoisotopic (exact) mass is 930 g/mol. The zero-order valence-corrected chi connectivity index (χ0v) is 38.0. The highest BCUT2D eigenvalue weighted by molar-refractivity contribution is 8.07. The Morgan fingerprint density at radius 2 is 1.39 bits per heavy atom. The van der Waals surface area contributed by atoms with E-state index >= 15 is 0 Å². The summed E-state index contributed by atoms with van der Waals surface area (Å²) in [6, 6.07) is 17.7. The van der Waals surface area contributed by atoms with Crippen molar-refractivity contribution in [1.82, 2.24) is 39.0 Å². The van der Waals surface area contributed by atoms with Gasteiger partial charge in [0.05, 0.1) is 38.1 Å². The van der Waals surface area contributed by atoms with Crippen LogP contribution in [0.3, 0.4) is 0 Å². The van der Waals surface area contributed by atoms with E-state index in [9.17, 15) is 14.5 Å². The average Bonchev–Trinajstić information content (AvgIpc) is 4.10. The molecule has 64 heavy (non-hydrogen) atoms. The molecule has 9 atom stereocenters. The summed E-state index contributed by atoms with van der Waals surface area (Å²) in [4.78, 5) is 64.7. The van der Waals surface area contributed by atoms with Crippen molar-refractivity contribution in [2.24, 2.45) is 11.8 Å². The number of carbonyl (C=O) groups excluding carboxylic acids is 2. The molecule has 3 fully saturated rings. The maximum atomic E-state index is 13.1. The molecule has 4 aromatic heterocycles. The highest BCUT2D eigenvalue weighted by Gasteiger charge is 2.56. The number of benzene rings is 2. The van der Waals surface area contributed by atoms with E-state index in [2.05, 4.69) is 40.5 Å². The third-order valence-electron chi connectivity index (χ3n) is 12.3. The standard InChI is InChI=1S/C42H48N10O9P2S/c1-4-29-32-42(6-3,60-40(29)52-25-48-31-34(44-23-46-36(31)52)50-38(54)27-15-11-8-12-16-27)21-58-63(55,64)57-18-17-28-19-41(5-2,20-56-62-61-32)59-39(28)51-24-47-30-33(43-22-45-35(30)51)49-37(53)26-13-9-7-10-14-26/h7-16,22-25,28-29,32,39-40,62H,4-6,17-21H2,1-3H3,(H,55,64)(H,43,45,49,53)(H,44,46,50,54)/t28-,29-,32+,39-,40-,41+,42-,63?/m1/s1. The number of carbonyl (C=O) groups is 2. The lowest BCUT2D eigenvalue weighted by Crippen LogP contribution is -2.45. The lowest BCUT2D eigenvalue weighted by Gasteiger charge is -2.35. The number of aromatic nitrogens is 8. The van der Waals surface area contributed by atoms with Crippen molar-refractivity contribution in [1.29, 1.82) is 0 Å². The second kappa shape index (κ2) is 18.6. The quantitative estimate of drug-likeness (QED) is 0.123. The minimum Gasteiger partial charge on any atom is -0.349 e. The van der Waals surface area contributed by atoms with Crippen LogP contribution in [-0.2, 0) is 39.4 Å². The number of anilines is 2. The van der Waals surface area contributed by atoms with E-state index in [-0.39, 0.29) is 55.1 Å². The van der Waals surface area contributed by atoms with Crippen LogP contribution < -0.4 is 10.6 Å². The fourth-order valence-corrected chi connectivity index (χ4v) is 10.9. The molecule has 0 aliphatic carbocycles. The molecule has 3 N–H and O–H groups in total. The number of nitrogens with zero attached hydrogens (tertiary/aromatic N) is 8. The molecule has 0 spiro atoms. The number of nitrogens with one attached hydrogen (secondary N) is 2. The second-order valence-corrected chi connectivity index (χ2v) is 19.5. The zero-order chi connectivity index (χ0) is 44.5. The summed E-state index contributed by atoms with van der Waals surface area (Å²) in [5.74, 6) is -0.568. The van der Waals surface area contributed by atoms with Crippen molar-refractivity contribution < 1.29 is 42.1 Å². The van der Waals surface area contributed by atoms with E-state index in [0.29, 0.717) is 65.6 Å². The van der Waals surface area contributed by atoms with Crippen LogP contribution in [0, 0.1) is 11.8 Å². The Kier molecular flexibility index (Phi) is 13.0. The summed E-state index contributed by atoms with van der Waals surface area (Å²) < 4.78 is 42.9. The van der Waals surface area contributed by atoms with Gasteiger partial charge in [0.25, 0.3) is 11.8 Å². The number of ether oxygens (including phenoxy) is 2. The molecule has 2 bridgehead atoms. The number of imidazole rings is 2. The molecule has 0 saturated carbocycles. The lowest BCUT2D eigenvalue weighted by atomic mass is 9.87. The van der Waals surface area contributed by atoms with Crippen molar-refractivity contribution >= 4 is 73.3 Å². The van der Waals surface area contributed by atoms with E-state index in [1.165, 1.54) is 12.7 Å². The van der Waals surface area contributed by atoms with E-state index in [0.717, 1.165) is 0 Å². The molecule has 22 heteroatoms. The molecule has 2 aromatic carbocycles. The predicted octanol–water partition coefficient (Wildman–Crippen LogP) is 7.12. The lowest BCUT2D eigenvalue weighted by molar-refractivity contribution is -0.123. The summed E-state index contributed by atoms with van der Waals surface area (Å²) in [6.45, 7) is 2.40. The smallest absolute Gasteiger partial charge is 0.324 e. The van der Waals surface area contributed by atoms with Crippen molar-refractivity contribution in [3.63, 3.8) is 0 Å². The van der Waals surface area contributed by atoms with Gasteiger partial charge in [-0.15, -0.1) is 0 Å². The normalized spacial score (nSPS) is 29.3. The van der Waals surface area contributed by atoms with E-state index in [1.54, 1.807) is 61.2 Å². The van der Waals surface area contributed by atoms with Gasteiger partial charge in [0.2, 0.25) is 0 Å². The van der Waals surface area contributed by atoms with Crippen molar-refractivity contribution in [2.75, 3.05) is 30.5 Å². The minimum atomic E-state index is -3.82. The van der Waals surface area contributed by atoms with Crippen LogP contribution in [0.25, 0.3) is 22.3 Å². The highest BCUT2D eigenvalue weighted by Crippen LogP contribution is 2.54. The predicted molar refractivity (Wildman–Crippen MR) is 240 cm³/mol. The fourth-order valence-electron chi connectivity index (χ4n) is 8.83. The first-order chi connectivity index (χ1) is 31.1. The molecule has 19 nitrogen and oxygen atoms in total. The fraction of sp³-hybridized carbons (Fsp3) is 0.429. The molecule has 0 radical (unpaired) electrons. The van der Waals surface area contributed by atoms with Gasteiger partial charge in [-0.2, -0.15) is 0 Å². The molecule has 6 aromatic rings. The Labute approximate surface area is 375 Å². The van der Waals surface area contributed by atoms with Gasteiger partial charge in [-0.05, 0) is 68.2 Å². The summed E-state index contributed by atoms with van der Waals surface area (Å²) in [6.07, 6.45) is 6.85. The van der Waals surface area contributed by atoms with Gasteiger partial charge in [-0.3, -0.25) is 18.7 Å². The molecule has 2 amide bonds. The number of rotatable bonds is 9. The Balaban J connectivity index is 0.969. The Bertz CT molecular complexity index is 2680. The van der Waals surface area contributed by atoms with Crippen LogP contribution in [0.4, 0.5) is 11.6 Å². The number of fused-ring (bicyclic) bond motifs is 5. The first kappa shape index (κ1) is 44.5. The van der Waals surface area contributed by atoms with Gasteiger partial charge in [0.1, 0.15) is 36.8 Å². The SMILES string of the molecule is CC[C@H]1[C@H](n2cnc3c(NC(=O)c4ccccc4)ncnc32)O[C@]2(CC)COP(O)(=S)OCC[C@@H]3C[C@@](CC)(COPO[C@@H]12)O[C@H]3n1cnc2c(NC(=O)c3ccccc3)ncnc21. The Morgan fingerprint density at radius 1 is 0.797 bits per heavy atom. The van der Waals surface area contributed by atoms with Gasteiger partial charge < -0.3 is 43.1 Å². The second-order valence-electron chi connectivity index (χ2n) is 16.0. The van der Waals surface area contributed by atoms with Crippen molar-refractivity contribution in [2.45, 2.75) is 82.6 Å². The zero-order valence-electron chi connectivity index (χ0n) is 35.3. The number of hydrogen-bond donors (Lipinski definition) is 3. The first-order valence-corrected chi connectivity index (χ1v) is 24.5. The van der Waals surface area contributed by atoms with Gasteiger partial charge in [0.15, 0.2) is 43.0 Å². The number of hydrogen-bond acceptors (Lipinski definition) is 15. The molecule has 3 aliphatic rings. The van der Waals surface area contributed by atoms with E-state index < -0.39 is 45.5 Å². The molecule has 7 heterocycles. The highest BCUT2D eigenvalue weighted by atomic mass is 32.5. The molecule has 336 valence electrons. The van der Waals surface area contributed by atoms with Crippen LogP contribution in [0.2, 0.25) is 0 Å². The van der Waals surface area contributed by atoms with Crippen molar-refractivity contribution in [3.05, 3.63) is 97.1 Å². The summed E-state index contributed by atoms with van der Waals surface area (Å²) in [7, 11) is -0.419. The maximum Gasteiger partial charge on any atom is 0.324 e. The Morgan fingerprint density at radius 3 is 1.95 bits per heavy atom. The molecular formula is C42H48N10O9P2S. The summed E-state index contributed by atoms with van der Waals surface area (Å²) in [5, 5.41) is 5.73. The van der Waals surface area contributed by atoms with Crippen LogP contribution in [0.1, 0.15) is 86.0 Å². The van der Waals surface area contributed by atoms with Crippen LogP contribution in [0.15, 0.2) is 86.0 Å². The molecule has 9 rings (SSSR count). The summed E-state index contributed by atoms with van der Waals surface area (Å²) >= 11 is 5.61. The molecule has 2 unspecified atom stereocenters. The van der Waals surface area contributed by atoms with Gasteiger partial charge >= 0.3 is 6.72 Å². The van der Waals surface area contributed by atoms with Crippen LogP contribution >= 0.6 is 15.8 Å². The maximum absolute atomic E-state index is 13.1. The van der Waals surface area contributed by atoms with Crippen LogP contribution in [-0.4, -0.2) is 92.9 Å². The van der Waals surface area contributed by atoms with E-state index in [1.807, 2.05) is 42.0 Å². The van der Waals surface area contributed by atoms with Gasteiger partial charge in [-0.25, -0.2) is 29.9 Å². The third kappa shape index (κ3) is 8.72. The molecular weight excluding hydrogens is 883 g/mol. The number of amides is 2. The van der Waals surface area contributed by atoms with Gasteiger partial charge in [-0.1, -0.05) is 57.2 Å². The van der Waals surface area contributed by atoms with Crippen LogP contribution in [0.5, 0.6) is 0 Å². The summed E-state index contributed by atoms with van der Waals surface area (Å²) in [5.41, 5.74) is 0.825.